The Morgan fingerprint density at radius 3 is 2.78 bits per heavy atom. The van der Waals surface area contributed by atoms with E-state index in [2.05, 4.69) is 9.73 Å². The Kier molecular flexibility index (Phi) is 1.51. The van der Waals surface area contributed by atoms with Gasteiger partial charge in [0.1, 0.15) is 5.71 Å². The van der Waals surface area contributed by atoms with Crippen molar-refractivity contribution in [2.24, 2.45) is 4.99 Å². The van der Waals surface area contributed by atoms with Crippen LogP contribution in [0.15, 0.2) is 4.99 Å². The van der Waals surface area contributed by atoms with Crippen LogP contribution in [0.4, 0.5) is 0 Å². The third-order valence-electron chi connectivity index (χ3n) is 1.15. The minimum absolute atomic E-state index is 0.115. The lowest BCUT2D eigenvalue weighted by Gasteiger charge is -1.92. The minimum Gasteiger partial charge on any atom is -0.461 e. The third-order valence-corrected chi connectivity index (χ3v) is 1.15. The van der Waals surface area contributed by atoms with E-state index in [0.717, 1.165) is 0 Å². The fraction of sp³-hybridized carbons (Fsp3) is 0.667. The van der Waals surface area contributed by atoms with E-state index < -0.39 is 0 Å². The maximum Gasteiger partial charge on any atom is 0.354 e. The average molecular weight is 127 g/mol. The molecule has 3 heteroatoms. The maximum absolute atomic E-state index is 10.7. The Bertz CT molecular complexity index is 162. The molecule has 0 aliphatic carbocycles. The van der Waals surface area contributed by atoms with Gasteiger partial charge >= 0.3 is 5.97 Å². The molecular formula is C6H9NO2. The number of rotatable bonds is 2. The molecule has 0 aromatic rings. The van der Waals surface area contributed by atoms with E-state index in [1.165, 1.54) is 0 Å². The summed E-state index contributed by atoms with van der Waals surface area (Å²) in [6.07, 6.45) is 0. The first-order valence-corrected chi connectivity index (χ1v) is 3.00. The van der Waals surface area contributed by atoms with Gasteiger partial charge < -0.3 is 4.74 Å². The molecule has 0 radical (unpaired) electrons. The summed E-state index contributed by atoms with van der Waals surface area (Å²) in [4.78, 5) is 14.5. The second-order valence-corrected chi connectivity index (χ2v) is 1.91. The SMILES string of the molecule is CCOC(=O)C1=NC1C. The van der Waals surface area contributed by atoms with E-state index in [1.807, 2.05) is 6.92 Å². The molecule has 1 aliphatic heterocycles. The first kappa shape index (κ1) is 6.26. The Labute approximate surface area is 53.7 Å². The number of carbonyl (C=O) groups excluding carboxylic acids is 1. The quantitative estimate of drug-likeness (QED) is 0.503. The van der Waals surface area contributed by atoms with E-state index >= 15 is 0 Å². The summed E-state index contributed by atoms with van der Waals surface area (Å²) < 4.78 is 4.67. The topological polar surface area (TPSA) is 38.7 Å². The molecule has 0 aromatic heterocycles. The number of nitrogens with zero attached hydrogens (tertiary/aromatic N) is 1. The fourth-order valence-corrected chi connectivity index (χ4v) is 0.600. The summed E-state index contributed by atoms with van der Waals surface area (Å²) in [5, 5.41) is 0. The lowest BCUT2D eigenvalue weighted by atomic mass is 10.3. The fourth-order valence-electron chi connectivity index (χ4n) is 0.600. The smallest absolute Gasteiger partial charge is 0.354 e. The van der Waals surface area contributed by atoms with Gasteiger partial charge in [-0.25, -0.2) is 4.79 Å². The van der Waals surface area contributed by atoms with Crippen LogP contribution in [0.2, 0.25) is 0 Å². The highest BCUT2D eigenvalue weighted by Gasteiger charge is 2.30. The van der Waals surface area contributed by atoms with Crippen molar-refractivity contribution in [2.75, 3.05) is 6.61 Å². The zero-order valence-corrected chi connectivity index (χ0v) is 5.55. The molecule has 0 saturated heterocycles. The Hall–Kier alpha value is -0.860. The van der Waals surface area contributed by atoms with Crippen molar-refractivity contribution < 1.29 is 9.53 Å². The van der Waals surface area contributed by atoms with Crippen LogP contribution in [-0.2, 0) is 9.53 Å². The Balaban J connectivity index is 2.28. The van der Waals surface area contributed by atoms with Gasteiger partial charge in [0.15, 0.2) is 0 Å². The molecule has 0 bridgehead atoms. The lowest BCUT2D eigenvalue weighted by molar-refractivity contribution is -0.134. The minimum atomic E-state index is -0.259. The maximum atomic E-state index is 10.7. The van der Waals surface area contributed by atoms with Crippen molar-refractivity contribution in [1.29, 1.82) is 0 Å². The first-order valence-electron chi connectivity index (χ1n) is 3.00. The predicted molar refractivity (Wildman–Crippen MR) is 33.5 cm³/mol. The summed E-state index contributed by atoms with van der Waals surface area (Å²) in [7, 11) is 0. The summed E-state index contributed by atoms with van der Waals surface area (Å²) in [5.74, 6) is -0.259. The van der Waals surface area contributed by atoms with Crippen molar-refractivity contribution >= 4 is 11.7 Å². The van der Waals surface area contributed by atoms with Gasteiger partial charge in [-0.15, -0.1) is 0 Å². The van der Waals surface area contributed by atoms with Crippen molar-refractivity contribution in [3.05, 3.63) is 0 Å². The van der Waals surface area contributed by atoms with Gasteiger partial charge in [0.05, 0.1) is 12.6 Å². The van der Waals surface area contributed by atoms with E-state index in [-0.39, 0.29) is 12.0 Å². The average Bonchev–Trinajstić information content (AvgIpc) is 2.47. The van der Waals surface area contributed by atoms with Gasteiger partial charge in [-0.1, -0.05) is 0 Å². The molecule has 50 valence electrons. The van der Waals surface area contributed by atoms with E-state index in [4.69, 9.17) is 0 Å². The summed E-state index contributed by atoms with van der Waals surface area (Å²) in [6.45, 7) is 4.09. The van der Waals surface area contributed by atoms with Crippen LogP contribution in [0.25, 0.3) is 0 Å². The van der Waals surface area contributed by atoms with Gasteiger partial charge in [0.25, 0.3) is 0 Å². The molecule has 9 heavy (non-hydrogen) atoms. The van der Waals surface area contributed by atoms with Gasteiger partial charge in [0, 0.05) is 0 Å². The summed E-state index contributed by atoms with van der Waals surface area (Å²) in [5.41, 5.74) is 0.580. The van der Waals surface area contributed by atoms with Crippen molar-refractivity contribution in [3.63, 3.8) is 0 Å². The highest BCUT2D eigenvalue weighted by Crippen LogP contribution is 2.11. The van der Waals surface area contributed by atoms with Crippen LogP contribution in [0.1, 0.15) is 13.8 Å². The standard InChI is InChI=1S/C6H9NO2/c1-3-9-6(8)5-4(2)7-5/h4H,3H2,1-2H3. The largest absolute Gasteiger partial charge is 0.461 e. The molecule has 0 N–H and O–H groups in total. The zero-order chi connectivity index (χ0) is 6.85. The van der Waals surface area contributed by atoms with Crippen molar-refractivity contribution in [3.8, 4) is 0 Å². The molecule has 1 atom stereocenters. The number of aliphatic imine (C=N–C) groups is 1. The molecule has 0 amide bonds. The molecule has 3 nitrogen and oxygen atoms in total. The van der Waals surface area contributed by atoms with Crippen LogP contribution in [0, 0.1) is 0 Å². The van der Waals surface area contributed by atoms with Crippen molar-refractivity contribution in [1.82, 2.24) is 0 Å². The third kappa shape index (κ3) is 1.28. The second-order valence-electron chi connectivity index (χ2n) is 1.91. The molecule has 0 saturated carbocycles. The molecule has 0 aromatic carbocycles. The summed E-state index contributed by atoms with van der Waals surface area (Å²) in [6, 6.07) is 0.115. The first-order chi connectivity index (χ1) is 4.25. The van der Waals surface area contributed by atoms with Crippen LogP contribution < -0.4 is 0 Å². The normalized spacial score (nSPS) is 22.9. The van der Waals surface area contributed by atoms with Crippen molar-refractivity contribution in [2.45, 2.75) is 19.9 Å². The van der Waals surface area contributed by atoms with Gasteiger partial charge in [0.2, 0.25) is 0 Å². The molecule has 1 heterocycles. The monoisotopic (exact) mass is 127 g/mol. The second kappa shape index (κ2) is 2.17. The molecular weight excluding hydrogens is 118 g/mol. The van der Waals surface area contributed by atoms with E-state index in [1.54, 1.807) is 6.92 Å². The highest BCUT2D eigenvalue weighted by molar-refractivity contribution is 6.43. The van der Waals surface area contributed by atoms with Gasteiger partial charge in [-0.3, -0.25) is 4.99 Å². The van der Waals surface area contributed by atoms with E-state index in [9.17, 15) is 4.79 Å². The molecule has 1 unspecified atom stereocenters. The number of hydrogen-bond donors (Lipinski definition) is 0. The predicted octanol–water partition coefficient (Wildman–Crippen LogP) is 0.393. The zero-order valence-electron chi connectivity index (χ0n) is 5.55. The Morgan fingerprint density at radius 2 is 2.44 bits per heavy atom. The molecule has 0 fully saturated rings. The lowest BCUT2D eigenvalue weighted by Crippen LogP contribution is -2.12. The number of hydrogen-bond acceptors (Lipinski definition) is 3. The number of carbonyl (C=O) groups is 1. The number of ether oxygens (including phenoxy) is 1. The molecule has 1 aliphatic rings. The highest BCUT2D eigenvalue weighted by atomic mass is 16.5. The van der Waals surface area contributed by atoms with Crippen LogP contribution >= 0.6 is 0 Å². The summed E-state index contributed by atoms with van der Waals surface area (Å²) >= 11 is 0. The van der Waals surface area contributed by atoms with Crippen LogP contribution in [0.5, 0.6) is 0 Å². The Morgan fingerprint density at radius 1 is 1.89 bits per heavy atom. The molecule has 0 spiro atoms. The molecule has 1 rings (SSSR count). The van der Waals surface area contributed by atoms with Gasteiger partial charge in [-0.2, -0.15) is 0 Å². The van der Waals surface area contributed by atoms with Crippen LogP contribution in [0.3, 0.4) is 0 Å². The van der Waals surface area contributed by atoms with E-state index in [0.29, 0.717) is 12.3 Å². The number of esters is 1. The van der Waals surface area contributed by atoms with Gasteiger partial charge in [-0.05, 0) is 13.8 Å². The van der Waals surface area contributed by atoms with Crippen LogP contribution in [-0.4, -0.2) is 24.3 Å².